The predicted octanol–water partition coefficient (Wildman–Crippen LogP) is 2.39. The minimum atomic E-state index is -0.932. The van der Waals surface area contributed by atoms with E-state index in [1.54, 1.807) is 11.3 Å². The first-order chi connectivity index (χ1) is 6.74. The molecule has 0 spiro atoms. The monoisotopic (exact) mass is 211 g/mol. The molecule has 1 atom stereocenters. The number of carboxylic acids is 1. The minimum absolute atomic E-state index is 0.214. The third kappa shape index (κ3) is 3.22. The van der Waals surface area contributed by atoms with Crippen molar-refractivity contribution in [3.8, 4) is 0 Å². The molecule has 1 unspecified atom stereocenters. The zero-order chi connectivity index (χ0) is 10.4. The van der Waals surface area contributed by atoms with E-state index in [1.807, 2.05) is 17.5 Å². The van der Waals surface area contributed by atoms with Gasteiger partial charge in [-0.3, -0.25) is 0 Å². The number of rotatable bonds is 5. The Morgan fingerprint density at radius 2 is 2.57 bits per heavy atom. The van der Waals surface area contributed by atoms with Crippen LogP contribution in [0.5, 0.6) is 0 Å². The van der Waals surface area contributed by atoms with Crippen LogP contribution in [0.1, 0.15) is 24.3 Å². The summed E-state index contributed by atoms with van der Waals surface area (Å²) in [6, 6.07) is 4.25. The standard InChI is InChI=1S/C10H13NO2S/c1-2-8(9-4-3-7-14-9)11-6-5-10(12)13/h3-8,11H,2H2,1H3,(H,12,13)/b6-5+. The van der Waals surface area contributed by atoms with Gasteiger partial charge < -0.3 is 10.4 Å². The van der Waals surface area contributed by atoms with Crippen LogP contribution in [0.3, 0.4) is 0 Å². The first-order valence-electron chi connectivity index (χ1n) is 4.43. The van der Waals surface area contributed by atoms with Gasteiger partial charge >= 0.3 is 5.97 Å². The number of thiophene rings is 1. The Morgan fingerprint density at radius 3 is 3.07 bits per heavy atom. The highest BCUT2D eigenvalue weighted by molar-refractivity contribution is 7.10. The van der Waals surface area contributed by atoms with Crippen LogP contribution in [0, 0.1) is 0 Å². The summed E-state index contributed by atoms with van der Waals surface area (Å²) in [4.78, 5) is 11.5. The molecule has 0 aliphatic heterocycles. The molecule has 0 radical (unpaired) electrons. The van der Waals surface area contributed by atoms with E-state index in [2.05, 4.69) is 12.2 Å². The normalized spacial score (nSPS) is 12.9. The van der Waals surface area contributed by atoms with Crippen molar-refractivity contribution >= 4 is 17.3 Å². The maximum absolute atomic E-state index is 10.2. The van der Waals surface area contributed by atoms with Crippen LogP contribution < -0.4 is 5.32 Å². The Kier molecular flexibility index (Phi) is 4.19. The van der Waals surface area contributed by atoms with Crippen LogP contribution in [0.4, 0.5) is 0 Å². The van der Waals surface area contributed by atoms with Crippen LogP contribution in [0.2, 0.25) is 0 Å². The fraction of sp³-hybridized carbons (Fsp3) is 0.300. The van der Waals surface area contributed by atoms with Gasteiger partial charge in [0.15, 0.2) is 0 Å². The average molecular weight is 211 g/mol. The van der Waals surface area contributed by atoms with Crippen LogP contribution in [0.25, 0.3) is 0 Å². The quantitative estimate of drug-likeness (QED) is 0.735. The maximum atomic E-state index is 10.2. The Bertz CT molecular complexity index is 306. The lowest BCUT2D eigenvalue weighted by molar-refractivity contribution is -0.131. The highest BCUT2D eigenvalue weighted by atomic mass is 32.1. The summed E-state index contributed by atoms with van der Waals surface area (Å²) in [6.07, 6.45) is 3.52. The van der Waals surface area contributed by atoms with Crippen molar-refractivity contribution < 1.29 is 9.90 Å². The van der Waals surface area contributed by atoms with E-state index in [0.29, 0.717) is 0 Å². The van der Waals surface area contributed by atoms with Gasteiger partial charge in [-0.1, -0.05) is 13.0 Å². The predicted molar refractivity (Wildman–Crippen MR) is 57.3 cm³/mol. The van der Waals surface area contributed by atoms with Gasteiger partial charge in [0.25, 0.3) is 0 Å². The molecule has 14 heavy (non-hydrogen) atoms. The van der Waals surface area contributed by atoms with Crippen molar-refractivity contribution in [2.45, 2.75) is 19.4 Å². The molecule has 0 saturated heterocycles. The zero-order valence-corrected chi connectivity index (χ0v) is 8.75. The number of aliphatic carboxylic acids is 1. The molecule has 0 amide bonds. The lowest BCUT2D eigenvalue weighted by atomic mass is 10.2. The maximum Gasteiger partial charge on any atom is 0.329 e. The second kappa shape index (κ2) is 5.44. The largest absolute Gasteiger partial charge is 0.478 e. The number of hydrogen-bond acceptors (Lipinski definition) is 3. The van der Waals surface area contributed by atoms with Crippen molar-refractivity contribution in [2.24, 2.45) is 0 Å². The van der Waals surface area contributed by atoms with Gasteiger partial charge in [-0.05, 0) is 17.9 Å². The Balaban J connectivity index is 2.52. The summed E-state index contributed by atoms with van der Waals surface area (Å²) < 4.78 is 0. The van der Waals surface area contributed by atoms with E-state index in [0.717, 1.165) is 12.5 Å². The van der Waals surface area contributed by atoms with Gasteiger partial charge in [-0.2, -0.15) is 0 Å². The molecule has 1 aromatic heterocycles. The van der Waals surface area contributed by atoms with Gasteiger partial charge in [-0.15, -0.1) is 11.3 Å². The first-order valence-corrected chi connectivity index (χ1v) is 5.31. The zero-order valence-electron chi connectivity index (χ0n) is 7.93. The molecule has 0 bridgehead atoms. The van der Waals surface area contributed by atoms with E-state index in [9.17, 15) is 4.79 Å². The van der Waals surface area contributed by atoms with Gasteiger partial charge in [0, 0.05) is 17.2 Å². The SMILES string of the molecule is CCC(N/C=C/C(=O)O)c1cccs1. The fourth-order valence-corrected chi connectivity index (χ4v) is 2.00. The average Bonchev–Trinajstić information content (AvgIpc) is 2.64. The molecule has 1 rings (SSSR count). The van der Waals surface area contributed by atoms with Gasteiger partial charge in [0.2, 0.25) is 0 Å². The lowest BCUT2D eigenvalue weighted by Gasteiger charge is -2.12. The summed E-state index contributed by atoms with van der Waals surface area (Å²) in [5.41, 5.74) is 0. The fourth-order valence-electron chi connectivity index (χ4n) is 1.13. The number of carboxylic acid groups (broad SMARTS) is 1. The smallest absolute Gasteiger partial charge is 0.329 e. The van der Waals surface area contributed by atoms with Crippen LogP contribution in [-0.2, 0) is 4.79 Å². The molecule has 1 aromatic rings. The molecular weight excluding hydrogens is 198 g/mol. The third-order valence-corrected chi connectivity index (χ3v) is 2.80. The number of hydrogen-bond donors (Lipinski definition) is 2. The van der Waals surface area contributed by atoms with E-state index in [1.165, 1.54) is 11.1 Å². The summed E-state index contributed by atoms with van der Waals surface area (Å²) in [6.45, 7) is 2.06. The van der Waals surface area contributed by atoms with E-state index < -0.39 is 5.97 Å². The first kappa shape index (κ1) is 10.8. The molecule has 0 fully saturated rings. The molecule has 0 saturated carbocycles. The van der Waals surface area contributed by atoms with E-state index >= 15 is 0 Å². The van der Waals surface area contributed by atoms with Crippen molar-refractivity contribution in [2.75, 3.05) is 0 Å². The topological polar surface area (TPSA) is 49.3 Å². The second-order valence-electron chi connectivity index (χ2n) is 2.81. The molecule has 76 valence electrons. The molecule has 0 aliphatic carbocycles. The highest BCUT2D eigenvalue weighted by Gasteiger charge is 2.06. The Morgan fingerprint density at radius 1 is 1.79 bits per heavy atom. The third-order valence-electron chi connectivity index (χ3n) is 1.82. The Labute approximate surface area is 87.1 Å². The van der Waals surface area contributed by atoms with Gasteiger partial charge in [0.1, 0.15) is 0 Å². The second-order valence-corrected chi connectivity index (χ2v) is 3.79. The highest BCUT2D eigenvalue weighted by Crippen LogP contribution is 2.21. The molecule has 0 aromatic carbocycles. The molecular formula is C10H13NO2S. The summed E-state index contributed by atoms with van der Waals surface area (Å²) in [5.74, 6) is -0.932. The minimum Gasteiger partial charge on any atom is -0.478 e. The number of carbonyl (C=O) groups is 1. The van der Waals surface area contributed by atoms with Crippen LogP contribution in [0.15, 0.2) is 29.8 Å². The van der Waals surface area contributed by atoms with E-state index in [-0.39, 0.29) is 6.04 Å². The van der Waals surface area contributed by atoms with Crippen molar-refractivity contribution in [1.29, 1.82) is 0 Å². The Hall–Kier alpha value is -1.29. The van der Waals surface area contributed by atoms with Gasteiger partial charge in [-0.25, -0.2) is 4.79 Å². The molecule has 3 nitrogen and oxygen atoms in total. The molecule has 0 aliphatic rings. The van der Waals surface area contributed by atoms with Crippen molar-refractivity contribution in [1.82, 2.24) is 5.32 Å². The summed E-state index contributed by atoms with van der Waals surface area (Å²) in [7, 11) is 0. The van der Waals surface area contributed by atoms with Crippen molar-refractivity contribution in [3.63, 3.8) is 0 Å². The number of nitrogens with one attached hydrogen (secondary N) is 1. The van der Waals surface area contributed by atoms with Crippen molar-refractivity contribution in [3.05, 3.63) is 34.7 Å². The van der Waals surface area contributed by atoms with Crippen LogP contribution >= 0.6 is 11.3 Å². The summed E-state index contributed by atoms with van der Waals surface area (Å²) in [5, 5.41) is 13.5. The molecule has 1 heterocycles. The molecule has 4 heteroatoms. The lowest BCUT2D eigenvalue weighted by Crippen LogP contribution is -2.13. The van der Waals surface area contributed by atoms with E-state index in [4.69, 9.17) is 5.11 Å². The van der Waals surface area contributed by atoms with Crippen LogP contribution in [-0.4, -0.2) is 11.1 Å². The summed E-state index contributed by atoms with van der Waals surface area (Å²) >= 11 is 1.67. The van der Waals surface area contributed by atoms with Gasteiger partial charge in [0.05, 0.1) is 6.04 Å². The molecule has 2 N–H and O–H groups in total.